The first-order valence-electron chi connectivity index (χ1n) is 7.77. The highest BCUT2D eigenvalue weighted by Crippen LogP contribution is 2.49. The summed E-state index contributed by atoms with van der Waals surface area (Å²) in [5.74, 6) is -1.37. The molecule has 6 atom stereocenters. The van der Waals surface area contributed by atoms with Crippen LogP contribution in [0.25, 0.3) is 0 Å². The normalized spacial score (nSPS) is 42.4. The lowest BCUT2D eigenvalue weighted by Crippen LogP contribution is -2.47. The maximum atomic E-state index is 13.0. The average molecular weight is 277 g/mol. The number of amides is 1. The molecule has 2 aliphatic carbocycles. The molecule has 0 radical (unpaired) electrons. The summed E-state index contributed by atoms with van der Waals surface area (Å²) in [5.41, 5.74) is 0. The SMILES string of the molecule is CCC1CCC(C)N1C(=O)[C@H]1C2C=CC(C2)[C@H]1C(=O)O. The van der Waals surface area contributed by atoms with Crippen LogP contribution in [0, 0.1) is 23.7 Å². The van der Waals surface area contributed by atoms with Gasteiger partial charge in [-0.15, -0.1) is 0 Å². The highest BCUT2D eigenvalue weighted by Gasteiger charge is 2.54. The average Bonchev–Trinajstić information content (AvgIpc) is 3.10. The minimum absolute atomic E-state index is 0.0597. The summed E-state index contributed by atoms with van der Waals surface area (Å²) in [4.78, 5) is 26.5. The van der Waals surface area contributed by atoms with Gasteiger partial charge in [-0.3, -0.25) is 9.59 Å². The van der Waals surface area contributed by atoms with Gasteiger partial charge in [0.25, 0.3) is 0 Å². The zero-order chi connectivity index (χ0) is 14.4. The van der Waals surface area contributed by atoms with Crippen molar-refractivity contribution in [2.75, 3.05) is 0 Å². The van der Waals surface area contributed by atoms with Gasteiger partial charge >= 0.3 is 5.97 Å². The number of carbonyl (C=O) groups excluding carboxylic acids is 1. The zero-order valence-electron chi connectivity index (χ0n) is 12.2. The van der Waals surface area contributed by atoms with Gasteiger partial charge in [-0.05, 0) is 44.4 Å². The Morgan fingerprint density at radius 2 is 1.85 bits per heavy atom. The van der Waals surface area contributed by atoms with Crippen LogP contribution >= 0.6 is 0 Å². The van der Waals surface area contributed by atoms with E-state index in [0.29, 0.717) is 6.04 Å². The smallest absolute Gasteiger partial charge is 0.307 e. The van der Waals surface area contributed by atoms with E-state index in [1.54, 1.807) is 0 Å². The van der Waals surface area contributed by atoms with Crippen LogP contribution in [0.3, 0.4) is 0 Å². The summed E-state index contributed by atoms with van der Waals surface area (Å²) in [5, 5.41) is 9.48. The fourth-order valence-electron chi connectivity index (χ4n) is 4.54. The second-order valence-corrected chi connectivity index (χ2v) is 6.57. The van der Waals surface area contributed by atoms with E-state index in [1.807, 2.05) is 11.0 Å². The summed E-state index contributed by atoms with van der Waals surface area (Å²) >= 11 is 0. The molecule has 1 N–H and O–H groups in total. The molecule has 1 heterocycles. The van der Waals surface area contributed by atoms with Gasteiger partial charge in [-0.1, -0.05) is 19.1 Å². The van der Waals surface area contributed by atoms with Crippen molar-refractivity contribution in [3.8, 4) is 0 Å². The van der Waals surface area contributed by atoms with Crippen molar-refractivity contribution in [3.63, 3.8) is 0 Å². The van der Waals surface area contributed by atoms with Gasteiger partial charge in [0.2, 0.25) is 5.91 Å². The van der Waals surface area contributed by atoms with Crippen molar-refractivity contribution >= 4 is 11.9 Å². The summed E-state index contributed by atoms with van der Waals surface area (Å²) in [6.45, 7) is 4.20. The molecule has 0 spiro atoms. The molecular weight excluding hydrogens is 254 g/mol. The topological polar surface area (TPSA) is 57.6 Å². The summed E-state index contributed by atoms with van der Waals surface area (Å²) in [6.07, 6.45) is 7.96. The molecule has 3 rings (SSSR count). The van der Waals surface area contributed by atoms with Gasteiger partial charge in [0.15, 0.2) is 0 Å². The predicted octanol–water partition coefficient (Wildman–Crippen LogP) is 2.30. The molecule has 4 unspecified atom stereocenters. The Kier molecular flexibility index (Phi) is 3.35. The molecule has 0 aromatic heterocycles. The lowest BCUT2D eigenvalue weighted by atomic mass is 9.81. The van der Waals surface area contributed by atoms with Crippen LogP contribution in [-0.2, 0) is 9.59 Å². The summed E-state index contributed by atoms with van der Waals surface area (Å²) in [6, 6.07) is 0.556. The van der Waals surface area contributed by atoms with E-state index in [9.17, 15) is 14.7 Å². The first-order valence-corrected chi connectivity index (χ1v) is 7.77. The molecule has 4 heteroatoms. The quantitative estimate of drug-likeness (QED) is 0.805. The fourth-order valence-corrected chi connectivity index (χ4v) is 4.54. The maximum absolute atomic E-state index is 13.0. The number of nitrogens with zero attached hydrogens (tertiary/aromatic N) is 1. The van der Waals surface area contributed by atoms with E-state index in [4.69, 9.17) is 0 Å². The Bertz CT molecular complexity index is 459. The minimum atomic E-state index is -0.805. The molecule has 1 saturated carbocycles. The molecule has 2 fully saturated rings. The monoisotopic (exact) mass is 277 g/mol. The van der Waals surface area contributed by atoms with Crippen molar-refractivity contribution in [1.82, 2.24) is 4.90 Å². The van der Waals surface area contributed by atoms with Crippen LogP contribution < -0.4 is 0 Å². The van der Waals surface area contributed by atoms with Crippen molar-refractivity contribution in [3.05, 3.63) is 12.2 Å². The van der Waals surface area contributed by atoms with E-state index in [2.05, 4.69) is 19.9 Å². The number of carboxylic acids is 1. The van der Waals surface area contributed by atoms with Crippen LogP contribution in [0.5, 0.6) is 0 Å². The third-order valence-electron chi connectivity index (χ3n) is 5.54. The molecule has 20 heavy (non-hydrogen) atoms. The third-order valence-corrected chi connectivity index (χ3v) is 5.54. The Morgan fingerprint density at radius 3 is 2.45 bits per heavy atom. The Balaban J connectivity index is 1.86. The second-order valence-electron chi connectivity index (χ2n) is 6.57. The van der Waals surface area contributed by atoms with Crippen LogP contribution in [-0.4, -0.2) is 34.0 Å². The van der Waals surface area contributed by atoms with Crippen molar-refractivity contribution < 1.29 is 14.7 Å². The number of rotatable bonds is 3. The van der Waals surface area contributed by atoms with E-state index in [1.165, 1.54) is 0 Å². The molecule has 1 amide bonds. The van der Waals surface area contributed by atoms with Gasteiger partial charge in [0.05, 0.1) is 11.8 Å². The Hall–Kier alpha value is -1.32. The van der Waals surface area contributed by atoms with Gasteiger partial charge in [0, 0.05) is 12.1 Å². The van der Waals surface area contributed by atoms with Crippen LogP contribution in [0.1, 0.15) is 39.5 Å². The number of hydrogen-bond acceptors (Lipinski definition) is 2. The van der Waals surface area contributed by atoms with Crippen LogP contribution in [0.4, 0.5) is 0 Å². The molecule has 3 aliphatic rings. The molecule has 2 bridgehead atoms. The minimum Gasteiger partial charge on any atom is -0.481 e. The van der Waals surface area contributed by atoms with E-state index >= 15 is 0 Å². The first-order chi connectivity index (χ1) is 9.54. The number of fused-ring (bicyclic) bond motifs is 2. The van der Waals surface area contributed by atoms with Crippen LogP contribution in [0.15, 0.2) is 12.2 Å². The summed E-state index contributed by atoms with van der Waals surface area (Å²) in [7, 11) is 0. The highest BCUT2D eigenvalue weighted by molar-refractivity contribution is 5.87. The van der Waals surface area contributed by atoms with Gasteiger partial charge in [-0.2, -0.15) is 0 Å². The Morgan fingerprint density at radius 1 is 1.20 bits per heavy atom. The largest absolute Gasteiger partial charge is 0.481 e. The molecule has 0 aromatic carbocycles. The molecule has 110 valence electrons. The molecule has 1 aliphatic heterocycles. The van der Waals surface area contributed by atoms with Gasteiger partial charge in [0.1, 0.15) is 0 Å². The second kappa shape index (κ2) is 4.90. The molecule has 1 saturated heterocycles. The number of allylic oxidation sites excluding steroid dienone is 2. The van der Waals surface area contributed by atoms with Crippen LogP contribution in [0.2, 0.25) is 0 Å². The maximum Gasteiger partial charge on any atom is 0.307 e. The fraction of sp³-hybridized carbons (Fsp3) is 0.750. The van der Waals surface area contributed by atoms with Crippen molar-refractivity contribution in [1.29, 1.82) is 0 Å². The predicted molar refractivity (Wildman–Crippen MR) is 75.0 cm³/mol. The molecule has 0 aromatic rings. The number of likely N-dealkylation sites (tertiary alicyclic amines) is 1. The third kappa shape index (κ3) is 1.88. The van der Waals surface area contributed by atoms with Gasteiger partial charge < -0.3 is 10.0 Å². The lowest BCUT2D eigenvalue weighted by molar-refractivity contribution is -0.152. The summed E-state index contributed by atoms with van der Waals surface area (Å²) < 4.78 is 0. The van der Waals surface area contributed by atoms with E-state index < -0.39 is 11.9 Å². The number of aliphatic carboxylic acids is 1. The van der Waals surface area contributed by atoms with Crippen molar-refractivity contribution in [2.24, 2.45) is 23.7 Å². The number of carbonyl (C=O) groups is 2. The van der Waals surface area contributed by atoms with Crippen molar-refractivity contribution in [2.45, 2.75) is 51.6 Å². The highest BCUT2D eigenvalue weighted by atomic mass is 16.4. The lowest BCUT2D eigenvalue weighted by Gasteiger charge is -2.34. The zero-order valence-corrected chi connectivity index (χ0v) is 12.2. The molecular formula is C16H23NO3. The van der Waals surface area contributed by atoms with E-state index in [0.717, 1.165) is 25.7 Å². The van der Waals surface area contributed by atoms with Gasteiger partial charge in [-0.25, -0.2) is 0 Å². The Labute approximate surface area is 119 Å². The standard InChI is InChI=1S/C16H23NO3/c1-3-12-7-4-9(2)17(12)15(18)13-10-5-6-11(8-10)14(13)16(19)20/h5-6,9-14H,3-4,7-8H2,1-2H3,(H,19,20)/t9?,10?,11?,12?,13-,14+/m0/s1. The number of hydrogen-bond donors (Lipinski definition) is 1. The first kappa shape index (κ1) is 13.7. The van der Waals surface area contributed by atoms with E-state index in [-0.39, 0.29) is 29.7 Å². The number of carboxylic acid groups (broad SMARTS) is 1. The molecule has 4 nitrogen and oxygen atoms in total.